The predicted molar refractivity (Wildman–Crippen MR) is 66.7 cm³/mol. The van der Waals surface area contributed by atoms with Crippen molar-refractivity contribution in [3.8, 4) is 10.6 Å². The van der Waals surface area contributed by atoms with Crippen LogP contribution in [0.25, 0.3) is 10.6 Å². The zero-order valence-electron chi connectivity index (χ0n) is 9.04. The van der Waals surface area contributed by atoms with Gasteiger partial charge in [-0.2, -0.15) is 0 Å². The number of carboxylic acids is 1. The second-order valence-electron chi connectivity index (χ2n) is 3.65. The largest absolute Gasteiger partial charge is 0.481 e. The molecule has 3 N–H and O–H groups in total. The first kappa shape index (κ1) is 11.8. The quantitative estimate of drug-likeness (QED) is 0.870. The Morgan fingerprint density at radius 1 is 1.41 bits per heavy atom. The van der Waals surface area contributed by atoms with E-state index in [1.165, 1.54) is 11.3 Å². The maximum atomic E-state index is 10.6. The van der Waals surface area contributed by atoms with Crippen LogP contribution in [0, 0.1) is 0 Å². The van der Waals surface area contributed by atoms with Crippen LogP contribution in [0.5, 0.6) is 0 Å². The highest BCUT2D eigenvalue weighted by Crippen LogP contribution is 2.26. The van der Waals surface area contributed by atoms with Crippen LogP contribution in [-0.4, -0.2) is 16.1 Å². The third-order valence-corrected chi connectivity index (χ3v) is 3.23. The topological polar surface area (TPSA) is 76.2 Å². The molecule has 0 radical (unpaired) electrons. The van der Waals surface area contributed by atoms with Crippen LogP contribution in [0.3, 0.4) is 0 Å². The van der Waals surface area contributed by atoms with E-state index in [9.17, 15) is 4.79 Å². The van der Waals surface area contributed by atoms with Crippen LogP contribution in [-0.2, 0) is 4.79 Å². The van der Waals surface area contributed by atoms with Gasteiger partial charge in [-0.1, -0.05) is 30.3 Å². The normalized spacial score (nSPS) is 12.3. The number of aromatic nitrogens is 1. The molecular formula is C12H12N2O2S. The van der Waals surface area contributed by atoms with E-state index in [2.05, 4.69) is 4.98 Å². The van der Waals surface area contributed by atoms with Crippen LogP contribution in [0.4, 0.5) is 0 Å². The fourth-order valence-corrected chi connectivity index (χ4v) is 2.35. The number of thiazole rings is 1. The molecule has 1 atom stereocenters. The fraction of sp³-hybridized carbons (Fsp3) is 0.167. The second kappa shape index (κ2) is 5.07. The molecule has 1 aromatic heterocycles. The second-order valence-corrected chi connectivity index (χ2v) is 4.51. The molecule has 0 aliphatic heterocycles. The third kappa shape index (κ3) is 2.89. The lowest BCUT2D eigenvalue weighted by molar-refractivity contribution is -0.137. The molecule has 0 spiro atoms. The smallest absolute Gasteiger partial charge is 0.305 e. The lowest BCUT2D eigenvalue weighted by atomic mass is 10.2. The summed E-state index contributed by atoms with van der Waals surface area (Å²) in [5.41, 5.74) is 7.41. The van der Waals surface area contributed by atoms with Gasteiger partial charge in [0.15, 0.2) is 0 Å². The van der Waals surface area contributed by atoms with Gasteiger partial charge in [0.25, 0.3) is 0 Å². The third-order valence-electron chi connectivity index (χ3n) is 2.32. The number of hydrogen-bond acceptors (Lipinski definition) is 4. The van der Waals surface area contributed by atoms with Gasteiger partial charge in [0, 0.05) is 10.9 Å². The van der Waals surface area contributed by atoms with Crippen LogP contribution in [0.1, 0.15) is 18.2 Å². The standard InChI is InChI=1S/C12H12N2O2S/c13-9(6-11(15)16)10-7-17-12(14-10)8-4-2-1-3-5-8/h1-5,7,9H,6,13H2,(H,15,16). The van der Waals surface area contributed by atoms with Crippen LogP contribution in [0.2, 0.25) is 0 Å². The highest BCUT2D eigenvalue weighted by atomic mass is 32.1. The summed E-state index contributed by atoms with van der Waals surface area (Å²) in [6.45, 7) is 0. The van der Waals surface area contributed by atoms with Gasteiger partial charge in [-0.15, -0.1) is 11.3 Å². The summed E-state index contributed by atoms with van der Waals surface area (Å²) < 4.78 is 0. The number of nitrogens with zero attached hydrogens (tertiary/aromatic N) is 1. The van der Waals surface area contributed by atoms with Gasteiger partial charge in [-0.25, -0.2) is 4.98 Å². The van der Waals surface area contributed by atoms with Gasteiger partial charge in [-0.05, 0) is 0 Å². The van der Waals surface area contributed by atoms with E-state index in [0.29, 0.717) is 5.69 Å². The molecule has 0 bridgehead atoms. The summed E-state index contributed by atoms with van der Waals surface area (Å²) in [7, 11) is 0. The summed E-state index contributed by atoms with van der Waals surface area (Å²) in [6.07, 6.45) is -0.0992. The van der Waals surface area contributed by atoms with Crippen LogP contribution in [0.15, 0.2) is 35.7 Å². The van der Waals surface area contributed by atoms with E-state index >= 15 is 0 Å². The number of carbonyl (C=O) groups is 1. The first-order valence-corrected chi connectivity index (χ1v) is 6.03. The highest BCUT2D eigenvalue weighted by Gasteiger charge is 2.14. The number of carboxylic acid groups (broad SMARTS) is 1. The van der Waals surface area contributed by atoms with E-state index in [1.54, 1.807) is 0 Å². The summed E-state index contributed by atoms with van der Waals surface area (Å²) in [4.78, 5) is 14.9. The van der Waals surface area contributed by atoms with Crippen molar-refractivity contribution < 1.29 is 9.90 Å². The Kier molecular flexibility index (Phi) is 3.51. The molecule has 1 unspecified atom stereocenters. The molecule has 4 nitrogen and oxygen atoms in total. The number of nitrogens with two attached hydrogens (primary N) is 1. The summed E-state index contributed by atoms with van der Waals surface area (Å²) in [6, 6.07) is 9.20. The zero-order chi connectivity index (χ0) is 12.3. The predicted octanol–water partition coefficient (Wildman–Crippen LogP) is 2.28. The molecule has 0 saturated carbocycles. The Labute approximate surface area is 103 Å². The lowest BCUT2D eigenvalue weighted by Crippen LogP contribution is -2.15. The van der Waals surface area contributed by atoms with Crippen molar-refractivity contribution in [2.75, 3.05) is 0 Å². The van der Waals surface area contributed by atoms with Crippen LogP contribution >= 0.6 is 11.3 Å². The van der Waals surface area contributed by atoms with Crippen molar-refractivity contribution in [1.29, 1.82) is 0 Å². The maximum absolute atomic E-state index is 10.6. The Morgan fingerprint density at radius 2 is 2.12 bits per heavy atom. The molecule has 1 aromatic carbocycles. The number of aliphatic carboxylic acids is 1. The molecule has 0 saturated heterocycles. The Hall–Kier alpha value is -1.72. The molecule has 0 aliphatic carbocycles. The van der Waals surface area contributed by atoms with Crippen molar-refractivity contribution in [3.05, 3.63) is 41.4 Å². The van der Waals surface area contributed by atoms with Gasteiger partial charge in [0.05, 0.1) is 18.2 Å². The SMILES string of the molecule is NC(CC(=O)O)c1csc(-c2ccccc2)n1. The molecule has 2 aromatic rings. The number of rotatable bonds is 4. The molecule has 17 heavy (non-hydrogen) atoms. The van der Waals surface area contributed by atoms with Crippen molar-refractivity contribution >= 4 is 17.3 Å². The fourth-order valence-electron chi connectivity index (χ4n) is 1.46. The Balaban J connectivity index is 2.19. The molecule has 1 heterocycles. The molecule has 0 aliphatic rings. The molecule has 0 amide bonds. The monoisotopic (exact) mass is 248 g/mol. The van der Waals surface area contributed by atoms with Gasteiger partial charge < -0.3 is 10.8 Å². The maximum Gasteiger partial charge on any atom is 0.305 e. The molecule has 0 fully saturated rings. The van der Waals surface area contributed by atoms with Crippen molar-refractivity contribution in [3.63, 3.8) is 0 Å². The van der Waals surface area contributed by atoms with Gasteiger partial charge in [-0.3, -0.25) is 4.79 Å². The molecule has 88 valence electrons. The van der Waals surface area contributed by atoms with Crippen LogP contribution < -0.4 is 5.73 Å². The summed E-state index contributed by atoms with van der Waals surface area (Å²) in [5, 5.41) is 11.3. The van der Waals surface area contributed by atoms with Gasteiger partial charge >= 0.3 is 5.97 Å². The van der Waals surface area contributed by atoms with E-state index in [1.807, 2.05) is 35.7 Å². The summed E-state index contributed by atoms with van der Waals surface area (Å²) in [5.74, 6) is -0.910. The lowest BCUT2D eigenvalue weighted by Gasteiger charge is -2.03. The van der Waals surface area contributed by atoms with Crippen molar-refractivity contribution in [2.45, 2.75) is 12.5 Å². The summed E-state index contributed by atoms with van der Waals surface area (Å²) >= 11 is 1.47. The molecule has 2 rings (SSSR count). The molecular weight excluding hydrogens is 236 g/mol. The first-order chi connectivity index (χ1) is 8.16. The first-order valence-electron chi connectivity index (χ1n) is 5.15. The van der Waals surface area contributed by atoms with Gasteiger partial charge in [0.2, 0.25) is 0 Å². The minimum Gasteiger partial charge on any atom is -0.481 e. The average molecular weight is 248 g/mol. The number of hydrogen-bond donors (Lipinski definition) is 2. The minimum atomic E-state index is -0.910. The van der Waals surface area contributed by atoms with Crippen molar-refractivity contribution in [1.82, 2.24) is 4.98 Å². The zero-order valence-corrected chi connectivity index (χ0v) is 9.85. The van der Waals surface area contributed by atoms with E-state index < -0.39 is 12.0 Å². The van der Waals surface area contributed by atoms with E-state index in [-0.39, 0.29) is 6.42 Å². The van der Waals surface area contributed by atoms with Gasteiger partial charge in [0.1, 0.15) is 5.01 Å². The Bertz CT molecular complexity index is 510. The average Bonchev–Trinajstić information content (AvgIpc) is 2.78. The minimum absolute atomic E-state index is 0.0992. The van der Waals surface area contributed by atoms with E-state index in [4.69, 9.17) is 10.8 Å². The highest BCUT2D eigenvalue weighted by molar-refractivity contribution is 7.13. The van der Waals surface area contributed by atoms with Crippen molar-refractivity contribution in [2.24, 2.45) is 5.73 Å². The Morgan fingerprint density at radius 3 is 2.76 bits per heavy atom. The van der Waals surface area contributed by atoms with E-state index in [0.717, 1.165) is 10.6 Å². The molecule has 5 heteroatoms. The number of benzene rings is 1.